The number of nitrogens with zero attached hydrogens (tertiary/aromatic N) is 2. The number of hydrogen-bond acceptors (Lipinski definition) is 4. The molecule has 22 heavy (non-hydrogen) atoms. The number of anilines is 2. The maximum atomic E-state index is 5.85. The largest absolute Gasteiger partial charge is 0.332 e. The highest BCUT2D eigenvalue weighted by Crippen LogP contribution is 2.20. The topological polar surface area (TPSA) is 49.8 Å². The summed E-state index contributed by atoms with van der Waals surface area (Å²) in [6, 6.07) is 15.2. The molecule has 0 bridgehead atoms. The third kappa shape index (κ3) is 3.79. The highest BCUT2D eigenvalue weighted by atomic mass is 35.5. The smallest absolute Gasteiger partial charge is 0.175 e. The van der Waals surface area contributed by atoms with Gasteiger partial charge in [-0.25, -0.2) is 0 Å². The number of nitrogens with one attached hydrogen (secondary N) is 2. The Morgan fingerprint density at radius 2 is 1.55 bits per heavy atom. The molecule has 0 saturated heterocycles. The van der Waals surface area contributed by atoms with E-state index in [0.29, 0.717) is 10.1 Å². The average Bonchev–Trinajstić information content (AvgIpc) is 3.05. The zero-order valence-corrected chi connectivity index (χ0v) is 13.7. The van der Waals surface area contributed by atoms with Crippen LogP contribution in [-0.4, -0.2) is 14.7 Å². The predicted molar refractivity (Wildman–Crippen MR) is 96.6 cm³/mol. The van der Waals surface area contributed by atoms with E-state index in [1.165, 1.54) is 11.5 Å². The quantitative estimate of drug-likeness (QED) is 0.675. The van der Waals surface area contributed by atoms with E-state index in [9.17, 15) is 0 Å². The molecule has 2 aromatic carbocycles. The Kier molecular flexibility index (Phi) is 4.62. The summed E-state index contributed by atoms with van der Waals surface area (Å²) in [5.41, 5.74) is 3.68. The van der Waals surface area contributed by atoms with Crippen molar-refractivity contribution in [2.45, 2.75) is 0 Å². The molecular weight excluding hydrogens is 336 g/mol. The molecule has 110 valence electrons. The zero-order valence-electron chi connectivity index (χ0n) is 11.3. The molecule has 0 spiro atoms. The molecule has 0 radical (unpaired) electrons. The number of benzene rings is 2. The second kappa shape index (κ2) is 6.83. The van der Waals surface area contributed by atoms with E-state index in [1.54, 1.807) is 0 Å². The van der Waals surface area contributed by atoms with E-state index >= 15 is 0 Å². The molecule has 1 heterocycles. The Morgan fingerprint density at radius 3 is 2.09 bits per heavy atom. The fourth-order valence-electron chi connectivity index (χ4n) is 1.84. The zero-order chi connectivity index (χ0) is 15.4. The Hall–Kier alpha value is -2.02. The van der Waals surface area contributed by atoms with Crippen molar-refractivity contribution in [3.63, 3.8) is 0 Å². The van der Waals surface area contributed by atoms with Crippen molar-refractivity contribution >= 4 is 51.8 Å². The normalized spacial score (nSPS) is 10.2. The lowest BCUT2D eigenvalue weighted by atomic mass is 10.1. The molecular formula is C15H11ClN4S2. The van der Waals surface area contributed by atoms with Gasteiger partial charge in [0.25, 0.3) is 0 Å². The number of aromatic nitrogens is 2. The van der Waals surface area contributed by atoms with Gasteiger partial charge in [0.2, 0.25) is 0 Å². The highest BCUT2D eigenvalue weighted by Gasteiger charge is 2.02. The minimum atomic E-state index is 0.519. The van der Waals surface area contributed by atoms with Gasteiger partial charge in [-0.3, -0.25) is 0 Å². The van der Waals surface area contributed by atoms with Crippen molar-refractivity contribution < 1.29 is 0 Å². The fourth-order valence-corrected chi connectivity index (χ4v) is 2.67. The molecule has 3 aromatic rings. The summed E-state index contributed by atoms with van der Waals surface area (Å²) < 4.78 is 3.86. The van der Waals surface area contributed by atoms with Crippen LogP contribution < -0.4 is 10.6 Å². The summed E-state index contributed by atoms with van der Waals surface area (Å²) in [5, 5.41) is 13.4. The lowest BCUT2D eigenvalue weighted by Crippen LogP contribution is -2.18. The third-order valence-electron chi connectivity index (χ3n) is 2.90. The first-order valence-corrected chi connectivity index (χ1v) is 8.04. The van der Waals surface area contributed by atoms with Crippen LogP contribution in [0.5, 0.6) is 0 Å². The maximum absolute atomic E-state index is 5.85. The van der Waals surface area contributed by atoms with E-state index in [0.717, 1.165) is 22.6 Å². The average molecular weight is 347 g/mol. The Bertz CT molecular complexity index is 755. The number of thiocarbonyl (C=S) groups is 1. The van der Waals surface area contributed by atoms with Crippen molar-refractivity contribution in [2.75, 3.05) is 10.6 Å². The first-order chi connectivity index (χ1) is 10.7. The van der Waals surface area contributed by atoms with Crippen LogP contribution in [0.4, 0.5) is 11.4 Å². The summed E-state index contributed by atoms with van der Waals surface area (Å²) >= 11 is 12.5. The van der Waals surface area contributed by atoms with Crippen molar-refractivity contribution in [3.8, 4) is 11.3 Å². The number of hydrogen-bond donors (Lipinski definition) is 2. The SMILES string of the molecule is S=C(Nc1ccc(Cl)cc1)Nc1ccc(-c2csnn2)cc1. The van der Waals surface area contributed by atoms with Gasteiger partial charge in [-0.15, -0.1) is 5.10 Å². The van der Waals surface area contributed by atoms with E-state index in [1.807, 2.05) is 53.9 Å². The van der Waals surface area contributed by atoms with Gasteiger partial charge in [-0.1, -0.05) is 28.2 Å². The number of halogens is 1. The molecule has 4 nitrogen and oxygen atoms in total. The molecule has 0 aliphatic carbocycles. The second-order valence-corrected chi connectivity index (χ2v) is 5.91. The first kappa shape index (κ1) is 14.9. The van der Waals surface area contributed by atoms with E-state index < -0.39 is 0 Å². The molecule has 0 fully saturated rings. The highest BCUT2D eigenvalue weighted by molar-refractivity contribution is 7.80. The van der Waals surface area contributed by atoms with Crippen LogP contribution in [0, 0.1) is 0 Å². The predicted octanol–water partition coefficient (Wildman–Crippen LogP) is 4.67. The number of rotatable bonds is 3. The molecule has 0 saturated carbocycles. The summed E-state index contributed by atoms with van der Waals surface area (Å²) in [7, 11) is 0. The summed E-state index contributed by atoms with van der Waals surface area (Å²) in [6.07, 6.45) is 0. The summed E-state index contributed by atoms with van der Waals surface area (Å²) in [4.78, 5) is 0. The fraction of sp³-hybridized carbons (Fsp3) is 0. The molecule has 0 aliphatic rings. The van der Waals surface area contributed by atoms with Gasteiger partial charge in [-0.05, 0) is 60.1 Å². The van der Waals surface area contributed by atoms with Crippen molar-refractivity contribution in [1.82, 2.24) is 9.59 Å². The molecule has 1 aromatic heterocycles. The minimum Gasteiger partial charge on any atom is -0.332 e. The molecule has 3 rings (SSSR count). The monoisotopic (exact) mass is 346 g/mol. The van der Waals surface area contributed by atoms with Gasteiger partial charge in [-0.2, -0.15) is 0 Å². The Balaban J connectivity index is 1.63. The minimum absolute atomic E-state index is 0.519. The van der Waals surface area contributed by atoms with Gasteiger partial charge in [0, 0.05) is 27.3 Å². The van der Waals surface area contributed by atoms with Crippen LogP contribution in [-0.2, 0) is 0 Å². The van der Waals surface area contributed by atoms with Gasteiger partial charge in [0.15, 0.2) is 5.11 Å². The molecule has 0 amide bonds. The van der Waals surface area contributed by atoms with E-state index in [4.69, 9.17) is 23.8 Å². The van der Waals surface area contributed by atoms with Crippen LogP contribution >= 0.6 is 35.4 Å². The first-order valence-electron chi connectivity index (χ1n) is 6.42. The molecule has 0 aliphatic heterocycles. The van der Waals surface area contributed by atoms with Crippen LogP contribution in [0.15, 0.2) is 53.9 Å². The maximum Gasteiger partial charge on any atom is 0.175 e. The van der Waals surface area contributed by atoms with Crippen LogP contribution in [0.1, 0.15) is 0 Å². The van der Waals surface area contributed by atoms with Gasteiger partial charge in [0.05, 0.1) is 0 Å². The summed E-state index contributed by atoms with van der Waals surface area (Å²) in [6.45, 7) is 0. The van der Waals surface area contributed by atoms with Crippen molar-refractivity contribution in [2.24, 2.45) is 0 Å². The van der Waals surface area contributed by atoms with E-state index in [2.05, 4.69) is 20.2 Å². The molecule has 0 atom stereocenters. The van der Waals surface area contributed by atoms with Crippen LogP contribution in [0.3, 0.4) is 0 Å². The Morgan fingerprint density at radius 1 is 0.955 bits per heavy atom. The van der Waals surface area contributed by atoms with Gasteiger partial charge in [0.1, 0.15) is 5.69 Å². The van der Waals surface area contributed by atoms with Crippen LogP contribution in [0.25, 0.3) is 11.3 Å². The second-order valence-electron chi connectivity index (χ2n) is 4.45. The lowest BCUT2D eigenvalue weighted by Gasteiger charge is -2.10. The summed E-state index contributed by atoms with van der Waals surface area (Å²) in [5.74, 6) is 0. The molecule has 7 heteroatoms. The Labute approximate surface area is 142 Å². The van der Waals surface area contributed by atoms with Gasteiger partial charge >= 0.3 is 0 Å². The third-order valence-corrected chi connectivity index (χ3v) is 3.86. The molecule has 2 N–H and O–H groups in total. The van der Waals surface area contributed by atoms with Gasteiger partial charge < -0.3 is 10.6 Å². The lowest BCUT2D eigenvalue weighted by molar-refractivity contribution is 1.16. The standard InChI is InChI=1S/C15H11ClN4S2/c16-11-3-7-13(8-4-11)18-15(21)17-12-5-1-10(2-6-12)14-9-22-20-19-14/h1-9H,(H2,17,18,21). The molecule has 0 unspecified atom stereocenters. The van der Waals surface area contributed by atoms with Crippen molar-refractivity contribution in [1.29, 1.82) is 0 Å². The van der Waals surface area contributed by atoms with Crippen LogP contribution in [0.2, 0.25) is 5.02 Å². The van der Waals surface area contributed by atoms with E-state index in [-0.39, 0.29) is 0 Å². The van der Waals surface area contributed by atoms with Crippen molar-refractivity contribution in [3.05, 3.63) is 58.9 Å².